The zero-order valence-corrected chi connectivity index (χ0v) is 17.2. The van der Waals surface area contributed by atoms with Crippen LogP contribution in [0.1, 0.15) is 49.7 Å². The van der Waals surface area contributed by atoms with Crippen molar-refractivity contribution in [3.8, 4) is 0 Å². The van der Waals surface area contributed by atoms with E-state index in [2.05, 4.69) is 36.0 Å². The van der Waals surface area contributed by atoms with Crippen LogP contribution >= 0.6 is 35.0 Å². The smallest absolute Gasteiger partial charge is 0.0408 e. The van der Waals surface area contributed by atoms with Gasteiger partial charge in [0.2, 0.25) is 0 Å². The van der Waals surface area contributed by atoms with Crippen LogP contribution in [0.25, 0.3) is 0 Å². The first-order chi connectivity index (χ1) is 12.2. The average Bonchev–Trinajstić information content (AvgIpc) is 2.60. The third-order valence-corrected chi connectivity index (χ3v) is 5.91. The second-order valence-electron chi connectivity index (χ2n) is 6.49. The van der Waals surface area contributed by atoms with Gasteiger partial charge in [-0.15, -0.1) is 0 Å². The maximum absolute atomic E-state index is 6.01. The van der Waals surface area contributed by atoms with E-state index < -0.39 is 0 Å². The quantitative estimate of drug-likeness (QED) is 0.330. The standard InChI is InChI=1S/C22H28Cl2S/c23-21-13-7-11-19(17-21)9-3-1-5-15-25-16-6-2-4-10-20-12-8-14-22(24)18-20/h7-8,11-14,17-18H,1-6,9-10,15-16H2. The minimum absolute atomic E-state index is 0.850. The Bertz CT molecular complexity index is 559. The van der Waals surface area contributed by atoms with E-state index >= 15 is 0 Å². The molecule has 0 heterocycles. The molecule has 0 radical (unpaired) electrons. The lowest BCUT2D eigenvalue weighted by molar-refractivity contribution is 0.715. The van der Waals surface area contributed by atoms with Crippen LogP contribution in [0.4, 0.5) is 0 Å². The zero-order chi connectivity index (χ0) is 17.7. The van der Waals surface area contributed by atoms with E-state index in [1.807, 2.05) is 24.3 Å². The van der Waals surface area contributed by atoms with Crippen molar-refractivity contribution in [2.45, 2.75) is 51.4 Å². The topological polar surface area (TPSA) is 0 Å². The molecular weight excluding hydrogens is 367 g/mol. The molecule has 0 nitrogen and oxygen atoms in total. The van der Waals surface area contributed by atoms with Gasteiger partial charge in [0.05, 0.1) is 0 Å². The molecule has 0 saturated heterocycles. The zero-order valence-electron chi connectivity index (χ0n) is 14.9. The van der Waals surface area contributed by atoms with Gasteiger partial charge in [0.15, 0.2) is 0 Å². The number of halogens is 2. The van der Waals surface area contributed by atoms with E-state index in [1.165, 1.54) is 61.2 Å². The Morgan fingerprint density at radius 2 is 1.08 bits per heavy atom. The Kier molecular flexibility index (Phi) is 10.5. The van der Waals surface area contributed by atoms with E-state index in [0.717, 1.165) is 22.9 Å². The first-order valence-corrected chi connectivity index (χ1v) is 11.2. The largest absolute Gasteiger partial charge is 0.162 e. The predicted octanol–water partition coefficient (Wildman–Crippen LogP) is 7.85. The van der Waals surface area contributed by atoms with Crippen molar-refractivity contribution in [1.82, 2.24) is 0 Å². The summed E-state index contributed by atoms with van der Waals surface area (Å²) in [7, 11) is 0. The molecule has 25 heavy (non-hydrogen) atoms. The Morgan fingerprint density at radius 3 is 1.52 bits per heavy atom. The molecule has 0 aliphatic rings. The fourth-order valence-electron chi connectivity index (χ4n) is 2.91. The molecule has 2 rings (SSSR count). The summed E-state index contributed by atoms with van der Waals surface area (Å²) >= 11 is 14.1. The van der Waals surface area contributed by atoms with Crippen molar-refractivity contribution >= 4 is 35.0 Å². The minimum Gasteiger partial charge on any atom is -0.162 e. The summed E-state index contributed by atoms with van der Waals surface area (Å²) in [5.74, 6) is 2.59. The fourth-order valence-corrected chi connectivity index (χ4v) is 4.35. The summed E-state index contributed by atoms with van der Waals surface area (Å²) < 4.78 is 0. The van der Waals surface area contributed by atoms with Crippen molar-refractivity contribution < 1.29 is 0 Å². The highest BCUT2D eigenvalue weighted by molar-refractivity contribution is 7.99. The first kappa shape index (κ1) is 20.7. The highest BCUT2D eigenvalue weighted by atomic mass is 35.5. The molecule has 2 aromatic rings. The summed E-state index contributed by atoms with van der Waals surface area (Å²) in [6, 6.07) is 16.5. The Hall–Kier alpha value is -0.630. The molecule has 0 fully saturated rings. The monoisotopic (exact) mass is 394 g/mol. The van der Waals surface area contributed by atoms with E-state index in [4.69, 9.17) is 23.2 Å². The normalized spacial score (nSPS) is 11.0. The van der Waals surface area contributed by atoms with Gasteiger partial charge in [-0.2, -0.15) is 11.8 Å². The Morgan fingerprint density at radius 1 is 0.600 bits per heavy atom. The van der Waals surface area contributed by atoms with E-state index in [1.54, 1.807) is 0 Å². The van der Waals surface area contributed by atoms with Gasteiger partial charge in [0.25, 0.3) is 0 Å². The van der Waals surface area contributed by atoms with Gasteiger partial charge < -0.3 is 0 Å². The molecule has 136 valence electrons. The maximum atomic E-state index is 6.01. The SMILES string of the molecule is Clc1cccc(CCCCCSCCCCCc2cccc(Cl)c2)c1. The number of rotatable bonds is 12. The van der Waals surface area contributed by atoms with Crippen LogP contribution in [0.3, 0.4) is 0 Å². The summed E-state index contributed by atoms with van der Waals surface area (Å²) in [4.78, 5) is 0. The first-order valence-electron chi connectivity index (χ1n) is 9.31. The molecule has 0 aliphatic heterocycles. The van der Waals surface area contributed by atoms with Gasteiger partial charge in [-0.3, -0.25) is 0 Å². The van der Waals surface area contributed by atoms with Gasteiger partial charge in [0, 0.05) is 10.0 Å². The number of hydrogen-bond acceptors (Lipinski definition) is 1. The molecule has 0 unspecified atom stereocenters. The molecule has 0 spiro atoms. The Balaban J connectivity index is 1.38. The summed E-state index contributed by atoms with van der Waals surface area (Å²) in [6.07, 6.45) is 10.1. The van der Waals surface area contributed by atoms with Crippen LogP contribution in [0.15, 0.2) is 48.5 Å². The van der Waals surface area contributed by atoms with Gasteiger partial charge in [-0.1, -0.05) is 60.3 Å². The number of thioether (sulfide) groups is 1. The summed E-state index contributed by atoms with van der Waals surface area (Å²) in [6.45, 7) is 0. The lowest BCUT2D eigenvalue weighted by Crippen LogP contribution is -1.90. The third-order valence-electron chi connectivity index (χ3n) is 4.29. The summed E-state index contributed by atoms with van der Waals surface area (Å²) in [5.41, 5.74) is 2.72. The van der Waals surface area contributed by atoms with Crippen LogP contribution in [-0.4, -0.2) is 11.5 Å². The van der Waals surface area contributed by atoms with Crippen LogP contribution in [0.2, 0.25) is 10.0 Å². The minimum atomic E-state index is 0.850. The molecule has 2 aromatic carbocycles. The number of unbranched alkanes of at least 4 members (excludes halogenated alkanes) is 4. The van der Waals surface area contributed by atoms with Crippen molar-refractivity contribution in [3.63, 3.8) is 0 Å². The van der Waals surface area contributed by atoms with Crippen molar-refractivity contribution in [2.75, 3.05) is 11.5 Å². The Labute approximate surface area is 167 Å². The molecule has 0 aromatic heterocycles. The maximum Gasteiger partial charge on any atom is 0.0408 e. The molecule has 0 atom stereocenters. The molecule has 0 amide bonds. The number of aryl methyl sites for hydroxylation is 2. The van der Waals surface area contributed by atoms with Crippen LogP contribution < -0.4 is 0 Å². The van der Waals surface area contributed by atoms with Gasteiger partial charge >= 0.3 is 0 Å². The highest BCUT2D eigenvalue weighted by Crippen LogP contribution is 2.16. The second-order valence-corrected chi connectivity index (χ2v) is 8.59. The van der Waals surface area contributed by atoms with E-state index in [0.29, 0.717) is 0 Å². The molecular formula is C22H28Cl2S. The summed E-state index contributed by atoms with van der Waals surface area (Å²) in [5, 5.41) is 1.70. The number of hydrogen-bond donors (Lipinski definition) is 0. The molecule has 0 saturated carbocycles. The third kappa shape index (κ3) is 9.58. The lowest BCUT2D eigenvalue weighted by atomic mass is 10.1. The van der Waals surface area contributed by atoms with Crippen molar-refractivity contribution in [3.05, 3.63) is 69.7 Å². The van der Waals surface area contributed by atoms with Crippen LogP contribution in [0, 0.1) is 0 Å². The second kappa shape index (κ2) is 12.7. The molecule has 3 heteroatoms. The molecule has 0 N–H and O–H groups in total. The lowest BCUT2D eigenvalue weighted by Gasteiger charge is -2.04. The van der Waals surface area contributed by atoms with Crippen molar-refractivity contribution in [1.29, 1.82) is 0 Å². The van der Waals surface area contributed by atoms with Gasteiger partial charge in [-0.05, 0) is 85.4 Å². The molecule has 0 aliphatic carbocycles. The predicted molar refractivity (Wildman–Crippen MR) is 115 cm³/mol. The van der Waals surface area contributed by atoms with Gasteiger partial charge in [0.1, 0.15) is 0 Å². The van der Waals surface area contributed by atoms with Crippen LogP contribution in [0.5, 0.6) is 0 Å². The average molecular weight is 395 g/mol. The van der Waals surface area contributed by atoms with Gasteiger partial charge in [-0.25, -0.2) is 0 Å². The van der Waals surface area contributed by atoms with Crippen molar-refractivity contribution in [2.24, 2.45) is 0 Å². The number of benzene rings is 2. The fraction of sp³-hybridized carbons (Fsp3) is 0.455. The molecule has 0 bridgehead atoms. The highest BCUT2D eigenvalue weighted by Gasteiger charge is 1.97. The van der Waals surface area contributed by atoms with Crippen LogP contribution in [-0.2, 0) is 12.8 Å². The van der Waals surface area contributed by atoms with E-state index in [-0.39, 0.29) is 0 Å². The van der Waals surface area contributed by atoms with E-state index in [9.17, 15) is 0 Å².